The van der Waals surface area contributed by atoms with Crippen LogP contribution in [0.1, 0.15) is 18.4 Å². The lowest BCUT2D eigenvalue weighted by Crippen LogP contribution is -2.39. The molecule has 0 unspecified atom stereocenters. The summed E-state index contributed by atoms with van der Waals surface area (Å²) >= 11 is 0. The van der Waals surface area contributed by atoms with Crippen LogP contribution in [0.15, 0.2) is 54.6 Å². The maximum atomic E-state index is 12.7. The van der Waals surface area contributed by atoms with Gasteiger partial charge in [-0.1, -0.05) is 42.5 Å². The van der Waals surface area contributed by atoms with Crippen molar-refractivity contribution in [1.29, 1.82) is 0 Å². The molecule has 5 nitrogen and oxygen atoms in total. The quantitative estimate of drug-likeness (QED) is 0.776. The van der Waals surface area contributed by atoms with E-state index in [1.807, 2.05) is 42.5 Å². The first-order valence-electron chi connectivity index (χ1n) is 8.33. The highest BCUT2D eigenvalue weighted by Crippen LogP contribution is 2.22. The first kappa shape index (κ1) is 14.9. The van der Waals surface area contributed by atoms with E-state index in [0.29, 0.717) is 5.95 Å². The maximum absolute atomic E-state index is 12.7. The number of carbonyl (C=O) groups excluding carboxylic acids is 1. The van der Waals surface area contributed by atoms with E-state index in [-0.39, 0.29) is 11.9 Å². The molecule has 1 saturated heterocycles. The molecule has 0 bridgehead atoms. The lowest BCUT2D eigenvalue weighted by Gasteiger charge is -2.23. The third-order valence-electron chi connectivity index (χ3n) is 4.53. The molecule has 2 N–H and O–H groups in total. The SMILES string of the molecule is O=C(Nc1nc2ccccc2[nH]1)[C@@H]1CCCN1Cc1ccccc1. The lowest BCUT2D eigenvalue weighted by atomic mass is 10.1. The molecule has 1 aromatic heterocycles. The van der Waals surface area contributed by atoms with Gasteiger partial charge in [0.2, 0.25) is 11.9 Å². The lowest BCUT2D eigenvalue weighted by molar-refractivity contribution is -0.120. The molecule has 122 valence electrons. The molecule has 3 aromatic rings. The zero-order valence-corrected chi connectivity index (χ0v) is 13.4. The monoisotopic (exact) mass is 320 g/mol. The topological polar surface area (TPSA) is 61.0 Å². The minimum absolute atomic E-state index is 0.0162. The van der Waals surface area contributed by atoms with Gasteiger partial charge in [-0.3, -0.25) is 15.0 Å². The molecular formula is C19H20N4O. The summed E-state index contributed by atoms with van der Waals surface area (Å²) in [5, 5.41) is 2.94. The van der Waals surface area contributed by atoms with Gasteiger partial charge in [0.15, 0.2) is 0 Å². The van der Waals surface area contributed by atoms with E-state index in [1.54, 1.807) is 0 Å². The Hall–Kier alpha value is -2.66. The van der Waals surface area contributed by atoms with E-state index < -0.39 is 0 Å². The van der Waals surface area contributed by atoms with Crippen LogP contribution in [0.25, 0.3) is 11.0 Å². The van der Waals surface area contributed by atoms with Crippen molar-refractivity contribution in [3.05, 3.63) is 60.2 Å². The number of aromatic amines is 1. The van der Waals surface area contributed by atoms with Crippen molar-refractivity contribution in [2.75, 3.05) is 11.9 Å². The normalized spacial score (nSPS) is 18.1. The average molecular weight is 320 g/mol. The number of hydrogen-bond acceptors (Lipinski definition) is 3. The van der Waals surface area contributed by atoms with Crippen LogP contribution in [0.5, 0.6) is 0 Å². The van der Waals surface area contributed by atoms with Crippen molar-refractivity contribution >= 4 is 22.9 Å². The van der Waals surface area contributed by atoms with Crippen LogP contribution in [0.3, 0.4) is 0 Å². The molecule has 0 radical (unpaired) electrons. The summed E-state index contributed by atoms with van der Waals surface area (Å²) in [4.78, 5) is 22.5. The summed E-state index contributed by atoms with van der Waals surface area (Å²) in [7, 11) is 0. The summed E-state index contributed by atoms with van der Waals surface area (Å²) < 4.78 is 0. The Labute approximate surface area is 140 Å². The molecule has 1 amide bonds. The summed E-state index contributed by atoms with van der Waals surface area (Å²) in [5.41, 5.74) is 3.03. The maximum Gasteiger partial charge on any atom is 0.244 e. The number of benzene rings is 2. The van der Waals surface area contributed by atoms with Crippen LogP contribution in [-0.2, 0) is 11.3 Å². The third-order valence-corrected chi connectivity index (χ3v) is 4.53. The average Bonchev–Trinajstić information content (AvgIpc) is 3.21. The molecule has 0 spiro atoms. The fraction of sp³-hybridized carbons (Fsp3) is 0.263. The fourth-order valence-corrected chi connectivity index (χ4v) is 3.34. The number of H-pyrrole nitrogens is 1. The van der Waals surface area contributed by atoms with Crippen LogP contribution in [0.2, 0.25) is 0 Å². The Kier molecular flexibility index (Phi) is 4.01. The number of para-hydroxylation sites is 2. The predicted molar refractivity (Wildman–Crippen MR) is 94.6 cm³/mol. The van der Waals surface area contributed by atoms with Crippen molar-refractivity contribution in [2.45, 2.75) is 25.4 Å². The van der Waals surface area contributed by atoms with E-state index in [1.165, 1.54) is 5.56 Å². The van der Waals surface area contributed by atoms with E-state index in [4.69, 9.17) is 0 Å². The zero-order chi connectivity index (χ0) is 16.4. The Morgan fingerprint density at radius 1 is 1.17 bits per heavy atom. The van der Waals surface area contributed by atoms with Crippen LogP contribution in [0.4, 0.5) is 5.95 Å². The first-order chi connectivity index (χ1) is 11.8. The molecule has 1 atom stereocenters. The van der Waals surface area contributed by atoms with Gasteiger partial charge in [0, 0.05) is 6.54 Å². The van der Waals surface area contributed by atoms with Gasteiger partial charge in [-0.25, -0.2) is 4.98 Å². The molecular weight excluding hydrogens is 300 g/mol. The van der Waals surface area contributed by atoms with Crippen LogP contribution < -0.4 is 5.32 Å². The zero-order valence-electron chi connectivity index (χ0n) is 13.4. The number of rotatable bonds is 4. The summed E-state index contributed by atoms with van der Waals surface area (Å²) in [5.74, 6) is 0.537. The number of nitrogens with one attached hydrogen (secondary N) is 2. The molecule has 0 saturated carbocycles. The van der Waals surface area contributed by atoms with Crippen molar-refractivity contribution in [1.82, 2.24) is 14.9 Å². The molecule has 1 aliphatic heterocycles. The highest BCUT2D eigenvalue weighted by Gasteiger charge is 2.31. The van der Waals surface area contributed by atoms with Crippen molar-refractivity contribution in [3.63, 3.8) is 0 Å². The van der Waals surface area contributed by atoms with Gasteiger partial charge >= 0.3 is 0 Å². The molecule has 24 heavy (non-hydrogen) atoms. The Bertz CT molecular complexity index is 810. The number of likely N-dealkylation sites (tertiary alicyclic amines) is 1. The molecule has 1 fully saturated rings. The number of nitrogens with zero attached hydrogens (tertiary/aromatic N) is 2. The van der Waals surface area contributed by atoms with Gasteiger partial charge < -0.3 is 4.98 Å². The third kappa shape index (κ3) is 3.03. The standard InChI is InChI=1S/C19H20N4O/c24-18(22-19-20-15-9-4-5-10-16(15)21-19)17-11-6-12-23(17)13-14-7-2-1-3-8-14/h1-5,7-10,17H,6,11-13H2,(H2,20,21,22,24)/t17-/m0/s1. The number of amides is 1. The highest BCUT2D eigenvalue weighted by molar-refractivity contribution is 5.95. The van der Waals surface area contributed by atoms with Crippen LogP contribution in [-0.4, -0.2) is 33.4 Å². The molecule has 5 heteroatoms. The first-order valence-corrected chi connectivity index (χ1v) is 8.33. The van der Waals surface area contributed by atoms with E-state index in [0.717, 1.165) is 37.0 Å². The number of imidazole rings is 1. The Balaban J connectivity index is 1.46. The molecule has 0 aliphatic carbocycles. The summed E-state index contributed by atoms with van der Waals surface area (Å²) in [6.45, 7) is 1.76. The Morgan fingerprint density at radius 2 is 1.96 bits per heavy atom. The minimum Gasteiger partial charge on any atom is -0.324 e. The van der Waals surface area contributed by atoms with Gasteiger partial charge in [-0.05, 0) is 37.1 Å². The van der Waals surface area contributed by atoms with Gasteiger partial charge in [0.1, 0.15) is 0 Å². The highest BCUT2D eigenvalue weighted by atomic mass is 16.2. The van der Waals surface area contributed by atoms with Crippen molar-refractivity contribution < 1.29 is 4.79 Å². The van der Waals surface area contributed by atoms with Crippen molar-refractivity contribution in [2.24, 2.45) is 0 Å². The minimum atomic E-state index is -0.0987. The Morgan fingerprint density at radius 3 is 2.79 bits per heavy atom. The molecule has 1 aliphatic rings. The van der Waals surface area contributed by atoms with Gasteiger partial charge in [-0.2, -0.15) is 0 Å². The number of carbonyl (C=O) groups is 1. The number of hydrogen-bond donors (Lipinski definition) is 2. The molecule has 2 aromatic carbocycles. The second-order valence-electron chi connectivity index (χ2n) is 6.21. The van der Waals surface area contributed by atoms with Gasteiger partial charge in [0.05, 0.1) is 17.1 Å². The van der Waals surface area contributed by atoms with E-state index in [9.17, 15) is 4.79 Å². The fourth-order valence-electron chi connectivity index (χ4n) is 3.34. The summed E-state index contributed by atoms with van der Waals surface area (Å²) in [6, 6.07) is 18.0. The van der Waals surface area contributed by atoms with Crippen molar-refractivity contribution in [3.8, 4) is 0 Å². The largest absolute Gasteiger partial charge is 0.324 e. The second-order valence-corrected chi connectivity index (χ2v) is 6.21. The molecule has 4 rings (SSSR count). The molecule has 2 heterocycles. The van der Waals surface area contributed by atoms with Gasteiger partial charge in [0.25, 0.3) is 0 Å². The predicted octanol–water partition coefficient (Wildman–Crippen LogP) is 3.17. The van der Waals surface area contributed by atoms with E-state index >= 15 is 0 Å². The number of fused-ring (bicyclic) bond motifs is 1. The van der Waals surface area contributed by atoms with Crippen LogP contribution >= 0.6 is 0 Å². The second kappa shape index (κ2) is 6.45. The number of aromatic nitrogens is 2. The smallest absolute Gasteiger partial charge is 0.244 e. The van der Waals surface area contributed by atoms with E-state index in [2.05, 4.69) is 32.3 Å². The van der Waals surface area contributed by atoms with Crippen LogP contribution in [0, 0.1) is 0 Å². The van der Waals surface area contributed by atoms with Gasteiger partial charge in [-0.15, -0.1) is 0 Å². The number of anilines is 1. The summed E-state index contributed by atoms with van der Waals surface area (Å²) in [6.07, 6.45) is 1.93.